The summed E-state index contributed by atoms with van der Waals surface area (Å²) in [5.74, 6) is -0.982. The average molecular weight is 627 g/mol. The molecule has 0 N–H and O–H groups in total. The monoisotopic (exact) mass is 626 g/mol. The van der Waals surface area contributed by atoms with E-state index in [-0.39, 0.29) is 19.2 Å². The minimum atomic E-state index is -1.00. The van der Waals surface area contributed by atoms with E-state index in [2.05, 4.69) is 88.4 Å². The van der Waals surface area contributed by atoms with Crippen LogP contribution in [0.5, 0.6) is 6.01 Å². The van der Waals surface area contributed by atoms with E-state index >= 15 is 0 Å². The van der Waals surface area contributed by atoms with Gasteiger partial charge in [0.05, 0.1) is 12.2 Å². The zero-order valence-electron chi connectivity index (χ0n) is 27.2. The maximum atomic E-state index is 13.9. The van der Waals surface area contributed by atoms with Crippen LogP contribution in [0.2, 0.25) is 0 Å². The molecular weight excluding hydrogens is 583 g/mol. The van der Waals surface area contributed by atoms with Crippen LogP contribution in [-0.4, -0.2) is 115 Å². The fourth-order valence-electron chi connectivity index (χ4n) is 7.13. The molecule has 3 aromatic rings. The van der Waals surface area contributed by atoms with Gasteiger partial charge in [-0.1, -0.05) is 36.9 Å². The first-order chi connectivity index (χ1) is 22.1. The van der Waals surface area contributed by atoms with Crippen LogP contribution in [0.1, 0.15) is 23.7 Å². The molecule has 0 bridgehead atoms. The second-order valence-electron chi connectivity index (χ2n) is 13.0. The Balaban J connectivity index is 1.32. The largest absolute Gasteiger partial charge is 0.459 e. The Labute approximate surface area is 270 Å². The molecule has 0 radical (unpaired) electrons. The summed E-state index contributed by atoms with van der Waals surface area (Å²) >= 11 is 0. The molecule has 1 amide bonds. The number of likely N-dealkylation sites (N-methyl/N-ethyl adjacent to an activating group) is 2. The Morgan fingerprint density at radius 1 is 1.15 bits per heavy atom. The van der Waals surface area contributed by atoms with Gasteiger partial charge in [-0.05, 0) is 51.4 Å². The zero-order valence-corrected chi connectivity index (χ0v) is 27.2. The Hall–Kier alpha value is -4.27. The number of amides is 1. The van der Waals surface area contributed by atoms with E-state index in [0.717, 1.165) is 49.7 Å². The molecule has 0 spiro atoms. The van der Waals surface area contributed by atoms with Gasteiger partial charge in [0.2, 0.25) is 6.54 Å². The molecule has 4 heterocycles. The van der Waals surface area contributed by atoms with Crippen LogP contribution in [0.4, 0.5) is 15.9 Å². The number of carbonyl (C=O) groups is 1. The van der Waals surface area contributed by atoms with Crippen LogP contribution < -0.4 is 14.5 Å². The molecule has 2 aromatic carbocycles. The first kappa shape index (κ1) is 31.7. The number of carbonyl (C=O) groups excluding carboxylic acids is 1. The molecule has 242 valence electrons. The predicted molar refractivity (Wildman–Crippen MR) is 179 cm³/mol. The standard InChI is InChI=1S/C35H43FN8O2/c1-23-9-7-10-26-11-8-12-31(32(23)26)42-14-13-29-30(22-42)38-35(46-24(2)18-41(6)28-19-40(5)20-28)39-33(29)43-15-16-44(34(45)25(3)36)27(21-43)17-37-4/h7-12,24,27-28H,3,13-22H2,1-2,5-6H3/t24-,27+/m1/s1. The van der Waals surface area contributed by atoms with Crippen LogP contribution >= 0.6 is 0 Å². The average Bonchev–Trinajstić information content (AvgIpc) is 3.02. The van der Waals surface area contributed by atoms with E-state index in [1.807, 2.05) is 6.92 Å². The number of hydrogen-bond acceptors (Lipinski definition) is 8. The highest BCUT2D eigenvalue weighted by molar-refractivity contribution is 5.97. The van der Waals surface area contributed by atoms with Crippen molar-refractivity contribution in [2.75, 3.05) is 76.3 Å². The summed E-state index contributed by atoms with van der Waals surface area (Å²) in [6, 6.07) is 13.2. The summed E-state index contributed by atoms with van der Waals surface area (Å²) in [4.78, 5) is 36.7. The zero-order chi connectivity index (χ0) is 32.5. The molecule has 2 fully saturated rings. The van der Waals surface area contributed by atoms with Crippen molar-refractivity contribution in [3.05, 3.63) is 77.0 Å². The summed E-state index contributed by atoms with van der Waals surface area (Å²) < 4.78 is 20.3. The summed E-state index contributed by atoms with van der Waals surface area (Å²) in [7, 11) is 4.26. The van der Waals surface area contributed by atoms with Crippen LogP contribution in [0.15, 0.2) is 48.8 Å². The van der Waals surface area contributed by atoms with Gasteiger partial charge in [-0.25, -0.2) is 11.0 Å². The molecule has 6 rings (SSSR count). The molecule has 0 saturated carbocycles. The van der Waals surface area contributed by atoms with E-state index in [4.69, 9.17) is 21.3 Å². The molecule has 1 aromatic heterocycles. The first-order valence-corrected chi connectivity index (χ1v) is 16.0. The number of benzene rings is 2. The second kappa shape index (κ2) is 13.2. The fourth-order valence-corrected chi connectivity index (χ4v) is 7.13. The van der Waals surface area contributed by atoms with Crippen molar-refractivity contribution in [2.24, 2.45) is 0 Å². The quantitative estimate of drug-likeness (QED) is 0.262. The van der Waals surface area contributed by atoms with Gasteiger partial charge in [-0.2, -0.15) is 9.97 Å². The molecule has 10 nitrogen and oxygen atoms in total. The number of likely N-dealkylation sites (tertiary alicyclic amines) is 1. The molecule has 0 unspecified atom stereocenters. The lowest BCUT2D eigenvalue weighted by Gasteiger charge is -2.42. The topological polar surface area (TPSA) is 72.6 Å². The number of fused-ring (bicyclic) bond motifs is 2. The summed E-state index contributed by atoms with van der Waals surface area (Å²) in [5.41, 5.74) is 4.38. The number of nitrogens with zero attached hydrogens (tertiary/aromatic N) is 8. The van der Waals surface area contributed by atoms with Gasteiger partial charge in [0.15, 0.2) is 5.83 Å². The molecule has 46 heavy (non-hydrogen) atoms. The van der Waals surface area contributed by atoms with Gasteiger partial charge in [-0.15, -0.1) is 0 Å². The third-order valence-corrected chi connectivity index (χ3v) is 9.55. The number of piperazine rings is 1. The maximum absolute atomic E-state index is 13.9. The maximum Gasteiger partial charge on any atom is 0.318 e. The predicted octanol–water partition coefficient (Wildman–Crippen LogP) is 3.93. The minimum absolute atomic E-state index is 0.0695. The van der Waals surface area contributed by atoms with Gasteiger partial charge in [-0.3, -0.25) is 9.69 Å². The lowest BCUT2D eigenvalue weighted by atomic mass is 9.99. The highest BCUT2D eigenvalue weighted by Gasteiger charge is 2.36. The van der Waals surface area contributed by atoms with Crippen molar-refractivity contribution < 1.29 is 13.9 Å². The van der Waals surface area contributed by atoms with Crippen molar-refractivity contribution in [1.82, 2.24) is 24.7 Å². The number of aryl methyl sites for hydroxylation is 1. The van der Waals surface area contributed by atoms with Gasteiger partial charge in [0.25, 0.3) is 5.91 Å². The van der Waals surface area contributed by atoms with Crippen LogP contribution in [0.25, 0.3) is 15.6 Å². The minimum Gasteiger partial charge on any atom is -0.459 e. The van der Waals surface area contributed by atoms with Crippen LogP contribution in [-0.2, 0) is 17.8 Å². The van der Waals surface area contributed by atoms with Crippen molar-refractivity contribution in [2.45, 2.75) is 45.0 Å². The van der Waals surface area contributed by atoms with Gasteiger partial charge in [0, 0.05) is 68.5 Å². The summed E-state index contributed by atoms with van der Waals surface area (Å²) in [5, 5.41) is 2.45. The molecule has 11 heteroatoms. The van der Waals surface area contributed by atoms with Crippen LogP contribution in [0.3, 0.4) is 0 Å². The SMILES string of the molecule is [C-]#[N+]C[C@H]1CN(c2nc(O[C@H](C)CN(C)C3CN(C)C3)nc3c2CCN(c2cccc4cccc(C)c24)C3)CCN1C(=O)C(=C)F. The van der Waals surface area contributed by atoms with Gasteiger partial charge < -0.3 is 29.2 Å². The second-order valence-corrected chi connectivity index (χ2v) is 13.0. The number of anilines is 2. The molecular formula is C35H43FN8O2. The number of hydrogen-bond donors (Lipinski definition) is 0. The number of rotatable bonds is 9. The lowest BCUT2D eigenvalue weighted by molar-refractivity contribution is -0.131. The Kier molecular flexibility index (Phi) is 9.11. The van der Waals surface area contributed by atoms with Crippen LogP contribution in [0, 0.1) is 13.5 Å². The summed E-state index contributed by atoms with van der Waals surface area (Å²) in [6.07, 6.45) is 0.594. The Morgan fingerprint density at radius 2 is 1.91 bits per heavy atom. The molecule has 0 aliphatic carbocycles. The van der Waals surface area contributed by atoms with Crippen molar-refractivity contribution in [3.8, 4) is 6.01 Å². The third-order valence-electron chi connectivity index (χ3n) is 9.55. The third kappa shape index (κ3) is 6.37. The number of ether oxygens (including phenoxy) is 1. The Bertz CT molecular complexity index is 1660. The van der Waals surface area contributed by atoms with Gasteiger partial charge in [0.1, 0.15) is 18.0 Å². The molecule has 2 atom stereocenters. The molecule has 2 saturated heterocycles. The number of halogens is 1. The van der Waals surface area contributed by atoms with Crippen molar-refractivity contribution >= 4 is 28.2 Å². The molecule has 3 aliphatic rings. The highest BCUT2D eigenvalue weighted by Crippen LogP contribution is 2.36. The van der Waals surface area contributed by atoms with E-state index < -0.39 is 17.8 Å². The van der Waals surface area contributed by atoms with Crippen molar-refractivity contribution in [1.29, 1.82) is 0 Å². The van der Waals surface area contributed by atoms with Gasteiger partial charge >= 0.3 is 6.01 Å². The normalized spacial score (nSPS) is 19.5. The Morgan fingerprint density at radius 3 is 2.63 bits per heavy atom. The van der Waals surface area contributed by atoms with E-state index in [9.17, 15) is 9.18 Å². The van der Waals surface area contributed by atoms with E-state index in [1.54, 1.807) is 0 Å². The van der Waals surface area contributed by atoms with Crippen molar-refractivity contribution in [3.63, 3.8) is 0 Å². The van der Waals surface area contributed by atoms with E-state index in [0.29, 0.717) is 31.7 Å². The lowest BCUT2D eigenvalue weighted by Crippen LogP contribution is -2.57. The summed E-state index contributed by atoms with van der Waals surface area (Å²) in [6.45, 7) is 20.3. The molecule has 3 aliphatic heterocycles. The number of aromatic nitrogens is 2. The smallest absolute Gasteiger partial charge is 0.318 e. The van der Waals surface area contributed by atoms with E-state index in [1.165, 1.54) is 26.9 Å². The highest BCUT2D eigenvalue weighted by atomic mass is 19.1. The fraction of sp³-hybridized carbons (Fsp3) is 0.486. The first-order valence-electron chi connectivity index (χ1n) is 16.0.